The minimum atomic E-state index is -0.377. The second-order valence-electron chi connectivity index (χ2n) is 6.78. The van der Waals surface area contributed by atoms with Gasteiger partial charge >= 0.3 is 0 Å². The van der Waals surface area contributed by atoms with Crippen molar-refractivity contribution in [2.45, 2.75) is 89.9 Å². The van der Waals surface area contributed by atoms with E-state index < -0.39 is 0 Å². The van der Waals surface area contributed by atoms with Crippen molar-refractivity contribution in [3.8, 4) is 0 Å². The first kappa shape index (κ1) is 16.0. The molecule has 0 spiro atoms. The first-order chi connectivity index (χ1) is 9.79. The van der Waals surface area contributed by atoms with Crippen LogP contribution in [0.1, 0.15) is 89.9 Å². The molecule has 0 heterocycles. The predicted octanol–water partition coefficient (Wildman–Crippen LogP) is 6.86. The van der Waals surface area contributed by atoms with E-state index in [1.807, 2.05) is 0 Å². The molecule has 2 saturated carbocycles. The highest BCUT2D eigenvalue weighted by Crippen LogP contribution is 2.37. The molecule has 0 aromatic rings. The molecule has 0 nitrogen and oxygen atoms in total. The van der Waals surface area contributed by atoms with E-state index in [1.165, 1.54) is 38.5 Å². The Morgan fingerprint density at radius 1 is 0.450 bits per heavy atom. The van der Waals surface area contributed by atoms with Gasteiger partial charge in [-0.25, -0.2) is 8.78 Å². The van der Waals surface area contributed by atoms with Crippen LogP contribution in [0, 0.1) is 11.8 Å². The van der Waals surface area contributed by atoms with E-state index in [4.69, 9.17) is 0 Å². The molecule has 2 fully saturated rings. The van der Waals surface area contributed by atoms with Gasteiger partial charge in [0.2, 0.25) is 0 Å². The van der Waals surface area contributed by atoms with Crippen LogP contribution in [0.3, 0.4) is 0 Å². The van der Waals surface area contributed by atoms with Crippen molar-refractivity contribution >= 4 is 0 Å². The fraction of sp³-hybridized carbons (Fsp3) is 0.889. The summed E-state index contributed by atoms with van der Waals surface area (Å²) in [5.74, 6) is -1.00. The van der Waals surface area contributed by atoms with E-state index in [0.29, 0.717) is 0 Å². The highest BCUT2D eigenvalue weighted by Gasteiger charge is 2.25. The molecule has 0 aliphatic heterocycles. The van der Waals surface area contributed by atoms with Gasteiger partial charge in [0.05, 0.1) is 0 Å². The van der Waals surface area contributed by atoms with Gasteiger partial charge in [-0.15, -0.1) is 0 Å². The molecule has 0 N–H and O–H groups in total. The number of rotatable bonds is 2. The zero-order chi connectivity index (χ0) is 14.2. The lowest BCUT2D eigenvalue weighted by molar-refractivity contribution is 0.305. The third-order valence-corrected chi connectivity index (χ3v) is 5.16. The molecule has 0 aromatic carbocycles. The summed E-state index contributed by atoms with van der Waals surface area (Å²) in [5, 5.41) is 0. The van der Waals surface area contributed by atoms with Gasteiger partial charge in [-0.05, 0) is 25.7 Å². The Kier molecular flexibility index (Phi) is 7.02. The lowest BCUT2D eigenvalue weighted by atomic mass is 9.85. The van der Waals surface area contributed by atoms with Crippen LogP contribution in [0.2, 0.25) is 0 Å². The largest absolute Gasteiger partial charge is 0.209 e. The molecule has 0 aromatic heterocycles. The maximum atomic E-state index is 14.5. The molecular formula is C18H30F2. The van der Waals surface area contributed by atoms with Gasteiger partial charge in [-0.2, -0.15) is 0 Å². The standard InChI is InChI=1S/C18H30F2/c19-17(15-11-7-3-1-4-8-12-15)18(20)16-13-9-5-2-6-10-14-16/h15-16H,1-14H2/b18-17+. The molecule has 20 heavy (non-hydrogen) atoms. The molecule has 0 amide bonds. The van der Waals surface area contributed by atoms with E-state index >= 15 is 0 Å². The van der Waals surface area contributed by atoms with Crippen LogP contribution < -0.4 is 0 Å². The maximum Gasteiger partial charge on any atom is 0.135 e. The van der Waals surface area contributed by atoms with Crippen LogP contribution in [0.4, 0.5) is 8.78 Å². The fourth-order valence-corrected chi connectivity index (χ4v) is 3.81. The minimum Gasteiger partial charge on any atom is -0.209 e. The monoisotopic (exact) mass is 284 g/mol. The Morgan fingerprint density at radius 3 is 1.00 bits per heavy atom. The number of hydrogen-bond donors (Lipinski definition) is 0. The number of halogens is 2. The topological polar surface area (TPSA) is 0 Å². The summed E-state index contributed by atoms with van der Waals surface area (Å²) in [5.41, 5.74) is 0. The fourth-order valence-electron chi connectivity index (χ4n) is 3.81. The second kappa shape index (κ2) is 8.79. The van der Waals surface area contributed by atoms with Crippen molar-refractivity contribution in [1.82, 2.24) is 0 Å². The Bertz CT molecular complexity index is 263. The van der Waals surface area contributed by atoms with E-state index in [2.05, 4.69) is 0 Å². The zero-order valence-electron chi connectivity index (χ0n) is 12.8. The Morgan fingerprint density at radius 2 is 0.700 bits per heavy atom. The summed E-state index contributed by atoms with van der Waals surface area (Å²) in [6.07, 6.45) is 15.0. The Hall–Kier alpha value is -0.400. The van der Waals surface area contributed by atoms with Gasteiger partial charge in [0.1, 0.15) is 11.7 Å². The molecule has 0 radical (unpaired) electrons. The highest BCUT2D eigenvalue weighted by atomic mass is 19.2. The predicted molar refractivity (Wildman–Crippen MR) is 80.9 cm³/mol. The number of hydrogen-bond acceptors (Lipinski definition) is 0. The minimum absolute atomic E-state index is 0.124. The third kappa shape index (κ3) is 4.86. The SMILES string of the molecule is F/C(=C(/F)C1CCCCCCC1)C1CCCCCCC1. The lowest BCUT2D eigenvalue weighted by Crippen LogP contribution is -2.11. The van der Waals surface area contributed by atoms with Crippen molar-refractivity contribution in [3.63, 3.8) is 0 Å². The molecule has 0 unspecified atom stereocenters. The molecular weight excluding hydrogens is 254 g/mol. The van der Waals surface area contributed by atoms with Gasteiger partial charge < -0.3 is 0 Å². The summed E-state index contributed by atoms with van der Waals surface area (Å²) < 4.78 is 29.0. The van der Waals surface area contributed by atoms with Crippen molar-refractivity contribution in [2.24, 2.45) is 11.8 Å². The van der Waals surface area contributed by atoms with Crippen LogP contribution in [-0.2, 0) is 0 Å². The normalized spacial score (nSPS) is 26.1. The molecule has 2 heteroatoms. The average molecular weight is 284 g/mol. The second-order valence-corrected chi connectivity index (χ2v) is 6.78. The van der Waals surface area contributed by atoms with Crippen LogP contribution in [0.5, 0.6) is 0 Å². The van der Waals surface area contributed by atoms with Crippen LogP contribution >= 0.6 is 0 Å². The van der Waals surface area contributed by atoms with E-state index in [-0.39, 0.29) is 23.5 Å². The van der Waals surface area contributed by atoms with Crippen LogP contribution in [0.15, 0.2) is 11.7 Å². The van der Waals surface area contributed by atoms with Gasteiger partial charge in [0.15, 0.2) is 0 Å². The van der Waals surface area contributed by atoms with Crippen molar-refractivity contribution < 1.29 is 8.78 Å². The van der Waals surface area contributed by atoms with Gasteiger partial charge in [0.25, 0.3) is 0 Å². The van der Waals surface area contributed by atoms with Crippen molar-refractivity contribution in [1.29, 1.82) is 0 Å². The average Bonchev–Trinajstić information content (AvgIpc) is 2.36. The van der Waals surface area contributed by atoms with E-state index in [9.17, 15) is 8.78 Å². The molecule has 0 bridgehead atoms. The Balaban J connectivity index is 1.98. The molecule has 2 aliphatic rings. The molecule has 0 saturated heterocycles. The van der Waals surface area contributed by atoms with Gasteiger partial charge in [-0.3, -0.25) is 0 Å². The van der Waals surface area contributed by atoms with E-state index in [1.54, 1.807) is 0 Å². The molecule has 0 atom stereocenters. The van der Waals surface area contributed by atoms with Crippen molar-refractivity contribution in [2.75, 3.05) is 0 Å². The maximum absolute atomic E-state index is 14.5. The molecule has 2 aliphatic carbocycles. The summed E-state index contributed by atoms with van der Waals surface area (Å²) in [7, 11) is 0. The molecule has 116 valence electrons. The summed E-state index contributed by atoms with van der Waals surface area (Å²) in [4.78, 5) is 0. The van der Waals surface area contributed by atoms with Crippen molar-refractivity contribution in [3.05, 3.63) is 11.7 Å². The van der Waals surface area contributed by atoms with Crippen LogP contribution in [0.25, 0.3) is 0 Å². The lowest BCUT2D eigenvalue weighted by Gasteiger charge is -2.22. The summed E-state index contributed by atoms with van der Waals surface area (Å²) in [6.45, 7) is 0. The molecule has 2 rings (SSSR count). The van der Waals surface area contributed by atoms with E-state index in [0.717, 1.165) is 51.4 Å². The highest BCUT2D eigenvalue weighted by molar-refractivity contribution is 5.08. The van der Waals surface area contributed by atoms with Crippen LogP contribution in [-0.4, -0.2) is 0 Å². The first-order valence-electron chi connectivity index (χ1n) is 8.84. The zero-order valence-corrected chi connectivity index (χ0v) is 12.8. The van der Waals surface area contributed by atoms with Gasteiger partial charge in [0, 0.05) is 11.8 Å². The smallest absolute Gasteiger partial charge is 0.135 e. The number of allylic oxidation sites excluding steroid dienone is 2. The Labute approximate surface area is 123 Å². The van der Waals surface area contributed by atoms with Gasteiger partial charge in [-0.1, -0.05) is 64.2 Å². The third-order valence-electron chi connectivity index (χ3n) is 5.16. The summed E-state index contributed by atoms with van der Waals surface area (Å²) >= 11 is 0. The summed E-state index contributed by atoms with van der Waals surface area (Å²) in [6, 6.07) is 0. The first-order valence-corrected chi connectivity index (χ1v) is 8.84. The quantitative estimate of drug-likeness (QED) is 0.519.